The van der Waals surface area contributed by atoms with Gasteiger partial charge in [0.25, 0.3) is 0 Å². The molecule has 0 radical (unpaired) electrons. The van der Waals surface area contributed by atoms with E-state index in [1.807, 2.05) is 32.0 Å². The second-order valence-corrected chi connectivity index (χ2v) is 9.91. The molecule has 1 aliphatic rings. The third kappa shape index (κ3) is 5.77. The van der Waals surface area contributed by atoms with Gasteiger partial charge in [-0.1, -0.05) is 12.1 Å². The number of amides is 1. The van der Waals surface area contributed by atoms with Gasteiger partial charge in [0.1, 0.15) is 11.6 Å². The Balaban J connectivity index is 1.73. The number of aryl methyl sites for hydroxylation is 2. The number of hydrogen-bond donors (Lipinski definition) is 0. The van der Waals surface area contributed by atoms with Crippen LogP contribution < -0.4 is 4.90 Å². The molecule has 0 N–H and O–H groups in total. The van der Waals surface area contributed by atoms with Gasteiger partial charge in [-0.25, -0.2) is 17.2 Å². The van der Waals surface area contributed by atoms with Gasteiger partial charge in [0.05, 0.1) is 11.8 Å². The molecule has 3 rings (SSSR count). The maximum atomic E-state index is 13.9. The summed E-state index contributed by atoms with van der Waals surface area (Å²) in [6.45, 7) is 4.46. The molecule has 2 aromatic rings. The van der Waals surface area contributed by atoms with Gasteiger partial charge in [-0.2, -0.15) is 0 Å². The van der Waals surface area contributed by atoms with Crippen LogP contribution in [0.1, 0.15) is 23.1 Å². The lowest BCUT2D eigenvalue weighted by atomic mass is 10.1. The molecule has 0 aliphatic carbocycles. The Morgan fingerprint density at radius 3 is 2.45 bits per heavy atom. The Morgan fingerprint density at radius 2 is 1.84 bits per heavy atom. The summed E-state index contributed by atoms with van der Waals surface area (Å²) < 4.78 is 50.9. The standard InChI is InChI=1S/C23H26F2N2O3S/c1-16-4-7-20(12-17(16)2)27(21-9-11-31(29,30)15-21)23(28)8-10-26(3)14-18-5-6-19(24)13-22(18)25/h4-7,9,11-13,21H,8,10,14-15H2,1-3H3. The van der Waals surface area contributed by atoms with E-state index in [1.54, 1.807) is 18.0 Å². The minimum atomic E-state index is -3.34. The summed E-state index contributed by atoms with van der Waals surface area (Å²) in [4.78, 5) is 16.5. The number of benzene rings is 2. The molecule has 0 fully saturated rings. The largest absolute Gasteiger partial charge is 0.304 e. The Kier molecular flexibility index (Phi) is 6.91. The van der Waals surface area contributed by atoms with Crippen molar-refractivity contribution >= 4 is 21.4 Å². The van der Waals surface area contributed by atoms with Gasteiger partial charge in [-0.15, -0.1) is 0 Å². The number of sulfone groups is 1. The van der Waals surface area contributed by atoms with E-state index >= 15 is 0 Å². The van der Waals surface area contributed by atoms with Gasteiger partial charge in [0.2, 0.25) is 5.91 Å². The van der Waals surface area contributed by atoms with Crippen LogP contribution in [0.4, 0.5) is 14.5 Å². The number of halogens is 2. The zero-order chi connectivity index (χ0) is 22.8. The van der Waals surface area contributed by atoms with Gasteiger partial charge < -0.3 is 9.80 Å². The minimum absolute atomic E-state index is 0.122. The second kappa shape index (κ2) is 9.28. The Hall–Kier alpha value is -2.58. The van der Waals surface area contributed by atoms with Gasteiger partial charge in [-0.05, 0) is 56.3 Å². The van der Waals surface area contributed by atoms with E-state index in [0.717, 1.165) is 22.6 Å². The summed E-state index contributed by atoms with van der Waals surface area (Å²) in [5.41, 5.74) is 3.06. The zero-order valence-corrected chi connectivity index (χ0v) is 18.6. The highest BCUT2D eigenvalue weighted by atomic mass is 32.2. The van der Waals surface area contributed by atoms with E-state index in [2.05, 4.69) is 0 Å². The molecule has 0 bridgehead atoms. The number of carbonyl (C=O) groups excluding carboxylic acids is 1. The van der Waals surface area contributed by atoms with E-state index in [9.17, 15) is 22.0 Å². The fourth-order valence-corrected chi connectivity index (χ4v) is 4.81. The monoisotopic (exact) mass is 448 g/mol. The van der Waals surface area contributed by atoms with E-state index in [4.69, 9.17) is 0 Å². The van der Waals surface area contributed by atoms with Crippen LogP contribution in [0.15, 0.2) is 47.9 Å². The van der Waals surface area contributed by atoms with Crippen molar-refractivity contribution in [2.45, 2.75) is 32.9 Å². The third-order valence-electron chi connectivity index (χ3n) is 5.44. The highest BCUT2D eigenvalue weighted by molar-refractivity contribution is 7.94. The van der Waals surface area contributed by atoms with Crippen LogP contribution in [-0.4, -0.2) is 44.6 Å². The molecule has 0 aromatic heterocycles. The highest BCUT2D eigenvalue weighted by Gasteiger charge is 2.31. The highest BCUT2D eigenvalue weighted by Crippen LogP contribution is 2.26. The lowest BCUT2D eigenvalue weighted by Gasteiger charge is -2.29. The van der Waals surface area contributed by atoms with Crippen molar-refractivity contribution in [2.24, 2.45) is 0 Å². The van der Waals surface area contributed by atoms with Crippen molar-refractivity contribution in [3.8, 4) is 0 Å². The SMILES string of the molecule is Cc1ccc(N(C(=O)CCN(C)Cc2ccc(F)cc2F)C2C=CS(=O)(=O)C2)cc1C. The average Bonchev–Trinajstić information content (AvgIpc) is 3.04. The lowest BCUT2D eigenvalue weighted by molar-refractivity contribution is -0.119. The minimum Gasteiger partial charge on any atom is -0.304 e. The molecule has 1 heterocycles. The van der Waals surface area contributed by atoms with E-state index in [1.165, 1.54) is 17.0 Å². The molecule has 166 valence electrons. The Bertz CT molecular complexity index is 1120. The predicted octanol–water partition coefficient (Wildman–Crippen LogP) is 3.75. The Labute approximate surface area is 181 Å². The topological polar surface area (TPSA) is 57.7 Å². The summed E-state index contributed by atoms with van der Waals surface area (Å²) >= 11 is 0. The molecular weight excluding hydrogens is 422 g/mol. The summed E-state index contributed by atoms with van der Waals surface area (Å²) in [6.07, 6.45) is 1.66. The van der Waals surface area contributed by atoms with Crippen molar-refractivity contribution in [3.63, 3.8) is 0 Å². The van der Waals surface area contributed by atoms with Gasteiger partial charge in [0.15, 0.2) is 9.84 Å². The normalized spacial score (nSPS) is 17.3. The maximum Gasteiger partial charge on any atom is 0.228 e. The molecule has 8 heteroatoms. The van der Waals surface area contributed by atoms with Crippen molar-refractivity contribution in [2.75, 3.05) is 24.2 Å². The smallest absolute Gasteiger partial charge is 0.228 e. The van der Waals surface area contributed by atoms with Gasteiger partial charge >= 0.3 is 0 Å². The van der Waals surface area contributed by atoms with Crippen molar-refractivity contribution in [1.29, 1.82) is 0 Å². The van der Waals surface area contributed by atoms with Crippen LogP contribution in [0.25, 0.3) is 0 Å². The summed E-state index contributed by atoms with van der Waals surface area (Å²) in [6, 6.07) is 8.45. The van der Waals surface area contributed by atoms with Crippen LogP contribution in [0, 0.1) is 25.5 Å². The van der Waals surface area contributed by atoms with Crippen LogP contribution in [0.2, 0.25) is 0 Å². The molecule has 1 aliphatic heterocycles. The first kappa shape index (κ1) is 23.1. The molecule has 1 amide bonds. The summed E-state index contributed by atoms with van der Waals surface area (Å²) in [5.74, 6) is -1.64. The van der Waals surface area contributed by atoms with Gasteiger partial charge in [0, 0.05) is 42.2 Å². The average molecular weight is 449 g/mol. The second-order valence-electron chi connectivity index (χ2n) is 7.98. The molecule has 5 nitrogen and oxygen atoms in total. The zero-order valence-electron chi connectivity index (χ0n) is 17.8. The molecule has 0 spiro atoms. The van der Waals surface area contributed by atoms with Crippen LogP contribution in [0.5, 0.6) is 0 Å². The fourth-order valence-electron chi connectivity index (χ4n) is 3.54. The van der Waals surface area contributed by atoms with Crippen molar-refractivity contribution in [3.05, 3.63) is 76.2 Å². The summed E-state index contributed by atoms with van der Waals surface area (Å²) in [5, 5.41) is 1.16. The molecule has 0 saturated heterocycles. The first-order valence-corrected chi connectivity index (χ1v) is 11.7. The lowest BCUT2D eigenvalue weighted by Crippen LogP contribution is -2.42. The first-order chi connectivity index (χ1) is 14.6. The van der Waals surface area contributed by atoms with Crippen LogP contribution in [0.3, 0.4) is 0 Å². The van der Waals surface area contributed by atoms with Crippen LogP contribution >= 0.6 is 0 Å². The quantitative estimate of drug-likeness (QED) is 0.648. The predicted molar refractivity (Wildman–Crippen MR) is 117 cm³/mol. The molecule has 1 atom stereocenters. The molecule has 1 unspecified atom stereocenters. The number of nitrogens with zero attached hydrogens (tertiary/aromatic N) is 2. The molecule has 31 heavy (non-hydrogen) atoms. The number of rotatable bonds is 7. The van der Waals surface area contributed by atoms with Crippen LogP contribution in [-0.2, 0) is 21.2 Å². The fraction of sp³-hybridized carbons (Fsp3) is 0.348. The van der Waals surface area contributed by atoms with E-state index in [-0.39, 0.29) is 24.6 Å². The number of hydrogen-bond acceptors (Lipinski definition) is 4. The van der Waals surface area contributed by atoms with E-state index in [0.29, 0.717) is 17.8 Å². The maximum absolute atomic E-state index is 13.9. The van der Waals surface area contributed by atoms with Crippen molar-refractivity contribution in [1.82, 2.24) is 4.90 Å². The molecule has 0 saturated carbocycles. The first-order valence-electron chi connectivity index (χ1n) is 9.98. The Morgan fingerprint density at radius 1 is 1.10 bits per heavy atom. The molecule has 2 aromatic carbocycles. The third-order valence-corrected chi connectivity index (χ3v) is 6.82. The van der Waals surface area contributed by atoms with Gasteiger partial charge in [-0.3, -0.25) is 4.79 Å². The number of carbonyl (C=O) groups is 1. The number of anilines is 1. The van der Waals surface area contributed by atoms with Crippen molar-refractivity contribution < 1.29 is 22.0 Å². The molecular formula is C23H26F2N2O3S. The summed E-state index contributed by atoms with van der Waals surface area (Å²) in [7, 11) is -1.59. The van der Waals surface area contributed by atoms with E-state index < -0.39 is 27.5 Å².